The predicted octanol–water partition coefficient (Wildman–Crippen LogP) is 3.78. The molecule has 0 fully saturated rings. The van der Waals surface area contributed by atoms with Gasteiger partial charge in [0.05, 0.1) is 24.2 Å². The van der Waals surface area contributed by atoms with Crippen LogP contribution in [0.3, 0.4) is 0 Å². The molecule has 0 saturated carbocycles. The standard InChI is InChI=1S/C18H20N2O6/c1-13-5-3-8-17(9-13)26-19(18(21)22)14(2)11-25-12-15-6-4-7-16(10-15)20(23)24/h3-10,14H,11-12H2,1-2H3,(H,21,22). The molecule has 26 heavy (non-hydrogen) atoms. The average molecular weight is 360 g/mol. The van der Waals surface area contributed by atoms with E-state index in [4.69, 9.17) is 9.57 Å². The van der Waals surface area contributed by atoms with Gasteiger partial charge >= 0.3 is 6.09 Å². The van der Waals surface area contributed by atoms with Gasteiger partial charge < -0.3 is 14.7 Å². The van der Waals surface area contributed by atoms with E-state index in [1.165, 1.54) is 12.1 Å². The predicted molar refractivity (Wildman–Crippen MR) is 93.9 cm³/mol. The van der Waals surface area contributed by atoms with Crippen molar-refractivity contribution in [3.8, 4) is 5.75 Å². The highest BCUT2D eigenvalue weighted by molar-refractivity contribution is 5.64. The number of hydrogen-bond acceptors (Lipinski definition) is 5. The molecular formula is C18H20N2O6. The highest BCUT2D eigenvalue weighted by Gasteiger charge is 2.22. The summed E-state index contributed by atoms with van der Waals surface area (Å²) in [6.45, 7) is 3.73. The molecule has 0 bridgehead atoms. The molecule has 0 saturated heterocycles. The van der Waals surface area contributed by atoms with E-state index >= 15 is 0 Å². The molecule has 0 aliphatic rings. The highest BCUT2D eigenvalue weighted by atomic mass is 16.7. The number of nitro benzene ring substituents is 1. The average Bonchev–Trinajstić information content (AvgIpc) is 2.59. The van der Waals surface area contributed by atoms with Gasteiger partial charge in [-0.25, -0.2) is 4.79 Å². The molecule has 0 spiro atoms. The molecule has 1 atom stereocenters. The van der Waals surface area contributed by atoms with Crippen LogP contribution in [0.15, 0.2) is 48.5 Å². The third-order valence-electron chi connectivity index (χ3n) is 3.53. The van der Waals surface area contributed by atoms with E-state index in [1.54, 1.807) is 37.3 Å². The van der Waals surface area contributed by atoms with E-state index in [0.29, 0.717) is 11.3 Å². The van der Waals surface area contributed by atoms with Crippen molar-refractivity contribution in [3.63, 3.8) is 0 Å². The maximum absolute atomic E-state index is 11.5. The smallest absolute Gasteiger partial charge is 0.441 e. The molecule has 8 nitrogen and oxygen atoms in total. The molecule has 1 N–H and O–H groups in total. The van der Waals surface area contributed by atoms with Crippen molar-refractivity contribution in [2.75, 3.05) is 6.61 Å². The fraction of sp³-hybridized carbons (Fsp3) is 0.278. The lowest BCUT2D eigenvalue weighted by molar-refractivity contribution is -0.384. The summed E-state index contributed by atoms with van der Waals surface area (Å²) in [6.07, 6.45) is -1.24. The lowest BCUT2D eigenvalue weighted by Crippen LogP contribution is -2.42. The lowest BCUT2D eigenvalue weighted by atomic mass is 10.2. The molecule has 0 aliphatic heterocycles. The normalized spacial score (nSPS) is 11.6. The van der Waals surface area contributed by atoms with Gasteiger partial charge in [-0.15, -0.1) is 5.06 Å². The van der Waals surface area contributed by atoms with Crippen LogP contribution in [0.25, 0.3) is 0 Å². The Morgan fingerprint density at radius 2 is 2.00 bits per heavy atom. The van der Waals surface area contributed by atoms with Crippen LogP contribution in [0.5, 0.6) is 5.75 Å². The van der Waals surface area contributed by atoms with Crippen molar-refractivity contribution in [1.82, 2.24) is 5.06 Å². The zero-order valence-electron chi connectivity index (χ0n) is 14.5. The van der Waals surface area contributed by atoms with Crippen molar-refractivity contribution in [2.24, 2.45) is 0 Å². The van der Waals surface area contributed by atoms with Crippen molar-refractivity contribution in [1.29, 1.82) is 0 Å². The number of ether oxygens (including phenoxy) is 1. The summed E-state index contributed by atoms with van der Waals surface area (Å²) in [5.74, 6) is 0.415. The second-order valence-corrected chi connectivity index (χ2v) is 5.81. The fourth-order valence-electron chi connectivity index (χ4n) is 2.28. The number of carboxylic acid groups (broad SMARTS) is 1. The molecule has 138 valence electrons. The maximum atomic E-state index is 11.5. The summed E-state index contributed by atoms with van der Waals surface area (Å²) < 4.78 is 5.50. The van der Waals surface area contributed by atoms with E-state index in [2.05, 4.69) is 0 Å². The summed E-state index contributed by atoms with van der Waals surface area (Å²) in [5, 5.41) is 21.0. The number of hydrogen-bond donors (Lipinski definition) is 1. The fourth-order valence-corrected chi connectivity index (χ4v) is 2.28. The van der Waals surface area contributed by atoms with Crippen LogP contribution in [0.4, 0.5) is 10.5 Å². The number of non-ortho nitro benzene ring substituents is 1. The van der Waals surface area contributed by atoms with Crippen LogP contribution < -0.4 is 4.84 Å². The minimum absolute atomic E-state index is 0.0194. The van der Waals surface area contributed by atoms with Crippen molar-refractivity contribution in [2.45, 2.75) is 26.5 Å². The van der Waals surface area contributed by atoms with Gasteiger partial charge in [0.15, 0.2) is 5.75 Å². The van der Waals surface area contributed by atoms with Gasteiger partial charge in [0.1, 0.15) is 0 Å². The highest BCUT2D eigenvalue weighted by Crippen LogP contribution is 2.17. The van der Waals surface area contributed by atoms with Crippen LogP contribution in [-0.2, 0) is 11.3 Å². The van der Waals surface area contributed by atoms with Crippen LogP contribution in [-0.4, -0.2) is 33.8 Å². The summed E-state index contributed by atoms with van der Waals surface area (Å²) in [7, 11) is 0. The Morgan fingerprint density at radius 1 is 1.27 bits per heavy atom. The molecule has 1 unspecified atom stereocenters. The number of benzene rings is 2. The van der Waals surface area contributed by atoms with Gasteiger partial charge in [0.2, 0.25) is 0 Å². The number of rotatable bonds is 8. The molecule has 2 aromatic rings. The molecule has 0 radical (unpaired) electrons. The number of hydroxylamine groups is 2. The number of nitrogens with zero attached hydrogens (tertiary/aromatic N) is 2. The van der Waals surface area contributed by atoms with Gasteiger partial charge in [-0.3, -0.25) is 10.1 Å². The molecule has 2 rings (SSSR count). The minimum atomic E-state index is -1.24. The molecule has 1 amide bonds. The van der Waals surface area contributed by atoms with Gasteiger partial charge in [-0.1, -0.05) is 24.3 Å². The topological polar surface area (TPSA) is 102 Å². The Bertz CT molecular complexity index is 780. The summed E-state index contributed by atoms with van der Waals surface area (Å²) in [5.41, 5.74) is 1.56. The first kappa shape index (κ1) is 19.2. The monoisotopic (exact) mass is 360 g/mol. The largest absolute Gasteiger partial charge is 0.463 e. The summed E-state index contributed by atoms with van der Waals surface area (Å²) in [4.78, 5) is 27.2. The molecule has 2 aromatic carbocycles. The molecule has 0 aliphatic carbocycles. The number of carbonyl (C=O) groups is 1. The Labute approximate surface area is 150 Å². The van der Waals surface area contributed by atoms with E-state index in [0.717, 1.165) is 10.6 Å². The van der Waals surface area contributed by atoms with Gasteiger partial charge in [0.25, 0.3) is 5.69 Å². The number of nitro groups is 1. The van der Waals surface area contributed by atoms with Crippen LogP contribution >= 0.6 is 0 Å². The first-order valence-corrected chi connectivity index (χ1v) is 7.94. The molecule has 0 heterocycles. The quantitative estimate of drug-likeness (QED) is 0.568. The maximum Gasteiger partial charge on any atom is 0.441 e. The lowest BCUT2D eigenvalue weighted by Gasteiger charge is -2.25. The second kappa shape index (κ2) is 8.82. The summed E-state index contributed by atoms with van der Waals surface area (Å²) in [6, 6.07) is 12.6. The Kier molecular flexibility index (Phi) is 6.51. The van der Waals surface area contributed by atoms with Crippen LogP contribution in [0.1, 0.15) is 18.1 Å². The first-order valence-electron chi connectivity index (χ1n) is 7.94. The SMILES string of the molecule is Cc1cccc(ON(C(=O)O)C(C)COCc2cccc([N+](=O)[O-])c2)c1. The summed E-state index contributed by atoms with van der Waals surface area (Å²) >= 11 is 0. The zero-order chi connectivity index (χ0) is 19.1. The number of amides is 1. The van der Waals surface area contributed by atoms with Crippen molar-refractivity contribution < 1.29 is 24.4 Å². The van der Waals surface area contributed by atoms with Crippen LogP contribution in [0.2, 0.25) is 0 Å². The van der Waals surface area contributed by atoms with Crippen molar-refractivity contribution >= 4 is 11.8 Å². The van der Waals surface area contributed by atoms with E-state index in [9.17, 15) is 20.0 Å². The Morgan fingerprint density at radius 3 is 2.65 bits per heavy atom. The third-order valence-corrected chi connectivity index (χ3v) is 3.53. The van der Waals surface area contributed by atoms with E-state index in [-0.39, 0.29) is 18.9 Å². The third kappa shape index (κ3) is 5.45. The van der Waals surface area contributed by atoms with Crippen LogP contribution in [0, 0.1) is 17.0 Å². The molecular weight excluding hydrogens is 340 g/mol. The molecule has 8 heteroatoms. The van der Waals surface area contributed by atoms with E-state index < -0.39 is 17.1 Å². The Balaban J connectivity index is 1.93. The van der Waals surface area contributed by atoms with Gasteiger partial charge in [0, 0.05) is 12.1 Å². The van der Waals surface area contributed by atoms with E-state index in [1.807, 2.05) is 13.0 Å². The number of aryl methyl sites for hydroxylation is 1. The zero-order valence-corrected chi connectivity index (χ0v) is 14.5. The van der Waals surface area contributed by atoms with Crippen molar-refractivity contribution in [3.05, 3.63) is 69.8 Å². The minimum Gasteiger partial charge on any atom is -0.463 e. The Hall–Kier alpha value is -3.13. The first-order chi connectivity index (χ1) is 12.4. The van der Waals surface area contributed by atoms with Gasteiger partial charge in [-0.2, -0.15) is 0 Å². The molecule has 0 aromatic heterocycles. The second-order valence-electron chi connectivity index (χ2n) is 5.81. The van der Waals surface area contributed by atoms with Gasteiger partial charge in [-0.05, 0) is 37.1 Å².